The molecule has 2 saturated carbocycles. The number of hydrogen-bond donors (Lipinski definition) is 1. The summed E-state index contributed by atoms with van der Waals surface area (Å²) in [6, 6.07) is 3.71. The number of halogens is 4. The van der Waals surface area contributed by atoms with Gasteiger partial charge in [0.15, 0.2) is 0 Å². The summed E-state index contributed by atoms with van der Waals surface area (Å²) < 4.78 is 63.4. The number of rotatable bonds is 4. The summed E-state index contributed by atoms with van der Waals surface area (Å²) in [4.78, 5) is 5.66. The van der Waals surface area contributed by atoms with E-state index in [0.717, 1.165) is 63.9 Å². The normalized spacial score (nSPS) is 18.8. The van der Waals surface area contributed by atoms with Gasteiger partial charge in [0.25, 0.3) is 0 Å². The van der Waals surface area contributed by atoms with Crippen molar-refractivity contribution in [2.24, 2.45) is 11.1 Å². The summed E-state index contributed by atoms with van der Waals surface area (Å²) in [5.41, 5.74) is -0.192. The highest BCUT2D eigenvalue weighted by Gasteiger charge is 2.36. The van der Waals surface area contributed by atoms with E-state index in [1.54, 1.807) is 0 Å². The molecule has 5 nitrogen and oxygen atoms in total. The number of benzene rings is 1. The van der Waals surface area contributed by atoms with E-state index in [-0.39, 0.29) is 22.6 Å². The van der Waals surface area contributed by atoms with Crippen LogP contribution >= 0.6 is 11.6 Å². The van der Waals surface area contributed by atoms with Crippen LogP contribution in [0.5, 0.6) is 0 Å². The largest absolute Gasteiger partial charge is 0.417 e. The first kappa shape index (κ1) is 23.7. The molecule has 0 atom stereocenters. The average Bonchev–Trinajstić information content (AvgIpc) is 3.15. The van der Waals surface area contributed by atoms with Crippen LogP contribution in [0.2, 0.25) is 5.02 Å². The monoisotopic (exact) mass is 452 g/mol. The molecule has 3 rings (SSSR count). The molecular formula is C19H24ClF3N2O3S. The summed E-state index contributed by atoms with van der Waals surface area (Å²) in [6.45, 7) is 0. The molecule has 10 heteroatoms. The van der Waals surface area contributed by atoms with Crippen molar-refractivity contribution in [1.82, 2.24) is 0 Å². The summed E-state index contributed by atoms with van der Waals surface area (Å²) >= 11 is 6.01. The van der Waals surface area contributed by atoms with E-state index in [0.29, 0.717) is 5.71 Å². The Morgan fingerprint density at radius 3 is 2.17 bits per heavy atom. The van der Waals surface area contributed by atoms with Gasteiger partial charge in [-0.15, -0.1) is 0 Å². The fourth-order valence-electron chi connectivity index (χ4n) is 3.82. The number of nitrogens with one attached hydrogen (secondary N) is 1. The van der Waals surface area contributed by atoms with Gasteiger partial charge in [0.2, 0.25) is 0 Å². The molecule has 0 spiro atoms. The van der Waals surface area contributed by atoms with E-state index in [1.807, 2.05) is 0 Å². The fraction of sp³-hybridized carbons (Fsp3) is 0.632. The minimum absolute atomic E-state index is 0.00489. The van der Waals surface area contributed by atoms with E-state index in [9.17, 15) is 13.2 Å². The minimum atomic E-state index is -4.44. The Labute approximate surface area is 174 Å². The lowest BCUT2D eigenvalue weighted by Gasteiger charge is -2.25. The molecule has 0 radical (unpaired) electrons. The van der Waals surface area contributed by atoms with Gasteiger partial charge in [-0.3, -0.25) is 0 Å². The molecule has 0 saturated heterocycles. The van der Waals surface area contributed by atoms with Crippen LogP contribution in [0.4, 0.5) is 13.2 Å². The van der Waals surface area contributed by atoms with Gasteiger partial charge in [0, 0.05) is 16.5 Å². The first-order valence-electron chi connectivity index (χ1n) is 9.59. The molecule has 1 aromatic carbocycles. The zero-order valence-corrected chi connectivity index (χ0v) is 17.4. The van der Waals surface area contributed by atoms with E-state index in [2.05, 4.69) is 5.16 Å². The van der Waals surface area contributed by atoms with Crippen molar-refractivity contribution in [2.45, 2.75) is 70.1 Å². The highest BCUT2D eigenvalue weighted by atomic mass is 35.5. The van der Waals surface area contributed by atoms with E-state index >= 15 is 0 Å². The second-order valence-electron chi connectivity index (χ2n) is 7.25. The maximum absolute atomic E-state index is 13.5. The van der Waals surface area contributed by atoms with Gasteiger partial charge in [-0.2, -0.15) is 26.4 Å². The van der Waals surface area contributed by atoms with Crippen molar-refractivity contribution in [3.63, 3.8) is 0 Å². The van der Waals surface area contributed by atoms with Crippen LogP contribution < -0.4 is 0 Å². The minimum Gasteiger partial charge on any atom is -0.392 e. The first-order chi connectivity index (χ1) is 13.7. The maximum atomic E-state index is 13.5. The van der Waals surface area contributed by atoms with Gasteiger partial charge >= 0.3 is 16.7 Å². The predicted octanol–water partition coefficient (Wildman–Crippen LogP) is 6.23. The fourth-order valence-corrected chi connectivity index (χ4v) is 3.99. The molecule has 0 aromatic heterocycles. The topological polar surface area (TPSA) is 79.6 Å². The highest BCUT2D eigenvalue weighted by Crippen LogP contribution is 2.37. The van der Waals surface area contributed by atoms with Crippen LogP contribution in [0.3, 0.4) is 0 Å². The zero-order valence-electron chi connectivity index (χ0n) is 15.8. The van der Waals surface area contributed by atoms with Crippen LogP contribution in [-0.4, -0.2) is 20.2 Å². The van der Waals surface area contributed by atoms with Gasteiger partial charge in [-0.25, -0.2) is 0 Å². The lowest BCUT2D eigenvalue weighted by Crippen LogP contribution is -2.23. The third-order valence-electron chi connectivity index (χ3n) is 5.16. The highest BCUT2D eigenvalue weighted by molar-refractivity contribution is 7.60. The third-order valence-corrected chi connectivity index (χ3v) is 5.39. The summed E-state index contributed by atoms with van der Waals surface area (Å²) in [5, 5.41) is 4.56. The van der Waals surface area contributed by atoms with Gasteiger partial charge in [-0.1, -0.05) is 36.0 Å². The Morgan fingerprint density at radius 2 is 1.62 bits per heavy atom. The molecule has 0 unspecified atom stereocenters. The first-order valence-corrected chi connectivity index (χ1v) is 11.0. The molecule has 2 fully saturated rings. The molecule has 0 aliphatic heterocycles. The Hall–Kier alpha value is -1.61. The molecule has 162 valence electrons. The van der Waals surface area contributed by atoms with Crippen molar-refractivity contribution in [1.29, 1.82) is 4.78 Å². The SMILES string of the molecule is FC(F)(F)c1ccc(Cl)cc1/C(=N/OC1CCCC1)C1CCCCC1.N=S(=O)=O. The molecule has 0 heterocycles. The van der Waals surface area contributed by atoms with Crippen molar-refractivity contribution in [2.75, 3.05) is 0 Å². The Morgan fingerprint density at radius 1 is 1.07 bits per heavy atom. The van der Waals surface area contributed by atoms with Crippen molar-refractivity contribution in [3.8, 4) is 0 Å². The Bertz CT molecular complexity index is 810. The van der Waals surface area contributed by atoms with E-state index < -0.39 is 22.2 Å². The molecule has 0 amide bonds. The average molecular weight is 453 g/mol. The number of alkyl halides is 3. The second-order valence-corrected chi connectivity index (χ2v) is 8.15. The van der Waals surface area contributed by atoms with Crippen LogP contribution in [-0.2, 0) is 21.5 Å². The quantitative estimate of drug-likeness (QED) is 0.434. The lowest BCUT2D eigenvalue weighted by molar-refractivity contribution is -0.137. The van der Waals surface area contributed by atoms with Crippen LogP contribution in [0.25, 0.3) is 0 Å². The molecule has 1 aromatic rings. The third kappa shape index (κ3) is 7.62. The zero-order chi connectivity index (χ0) is 21.4. The Balaban J connectivity index is 0.000000687. The number of hydrogen-bond acceptors (Lipinski definition) is 5. The predicted molar refractivity (Wildman–Crippen MR) is 105 cm³/mol. The smallest absolute Gasteiger partial charge is 0.392 e. The van der Waals surface area contributed by atoms with Crippen molar-refractivity contribution in [3.05, 3.63) is 34.3 Å². The van der Waals surface area contributed by atoms with E-state index in [4.69, 9.17) is 29.6 Å². The maximum Gasteiger partial charge on any atom is 0.417 e. The number of oxime groups is 1. The van der Waals surface area contributed by atoms with Gasteiger partial charge < -0.3 is 4.84 Å². The van der Waals surface area contributed by atoms with Gasteiger partial charge in [0.1, 0.15) is 6.10 Å². The summed E-state index contributed by atoms with van der Waals surface area (Å²) in [6.07, 6.45) is 4.42. The van der Waals surface area contributed by atoms with Crippen molar-refractivity contribution >= 4 is 27.8 Å². The molecule has 29 heavy (non-hydrogen) atoms. The second kappa shape index (κ2) is 11.0. The Kier molecular flexibility index (Phi) is 8.95. The van der Waals surface area contributed by atoms with Crippen molar-refractivity contribution < 1.29 is 26.4 Å². The molecule has 2 aliphatic rings. The van der Waals surface area contributed by atoms with Gasteiger partial charge in [-0.05, 0) is 56.7 Å². The summed E-state index contributed by atoms with van der Waals surface area (Å²) in [7, 11) is -2.61. The lowest BCUT2D eigenvalue weighted by atomic mass is 9.82. The molecule has 0 bridgehead atoms. The molecular weight excluding hydrogens is 429 g/mol. The molecule has 2 aliphatic carbocycles. The standard InChI is InChI=1S/C19H23ClF3NO.HNO2S/c20-14-10-11-17(19(21,22)23)16(12-14)18(13-6-2-1-3-7-13)24-25-15-8-4-5-9-15;1-4(2)3/h10-13,15H,1-9H2;1H/b24-18+;. The van der Waals surface area contributed by atoms with Crippen LogP contribution in [0, 0.1) is 10.7 Å². The van der Waals surface area contributed by atoms with Gasteiger partial charge in [0.05, 0.1) is 11.3 Å². The van der Waals surface area contributed by atoms with E-state index in [1.165, 1.54) is 12.1 Å². The van der Waals surface area contributed by atoms with Crippen LogP contribution in [0.15, 0.2) is 23.4 Å². The van der Waals surface area contributed by atoms with Crippen LogP contribution in [0.1, 0.15) is 68.9 Å². The summed E-state index contributed by atoms with van der Waals surface area (Å²) in [5.74, 6) is -0.00489. The molecule has 1 N–H and O–H groups in total. The number of nitrogens with zero attached hydrogens (tertiary/aromatic N) is 1.